The van der Waals surface area contributed by atoms with Gasteiger partial charge in [-0.25, -0.2) is 0 Å². The Hall–Kier alpha value is -3.38. The molecule has 13 heteroatoms. The Morgan fingerprint density at radius 1 is 0.931 bits per heavy atom. The first kappa shape index (κ1) is 21.9. The molecule has 1 N–H and O–H groups in total. The molecule has 0 atom stereocenters. The topological polar surface area (TPSA) is 98.3 Å². The molecule has 0 aliphatic carbocycles. The minimum atomic E-state index is -5.09. The van der Waals surface area contributed by atoms with E-state index in [-0.39, 0.29) is 11.8 Å². The van der Waals surface area contributed by atoms with Gasteiger partial charge in [0, 0.05) is 17.3 Å². The number of hydrogen-bond donors (Lipinski definition) is 1. The summed E-state index contributed by atoms with van der Waals surface area (Å²) in [7, 11) is 0. The second-order valence-electron chi connectivity index (χ2n) is 5.71. The van der Waals surface area contributed by atoms with Crippen LogP contribution >= 0.6 is 0 Å². The van der Waals surface area contributed by atoms with Gasteiger partial charge in [-0.3, -0.25) is 20.2 Å². The van der Waals surface area contributed by atoms with Gasteiger partial charge in [0.25, 0.3) is 5.69 Å². The Kier molecular flexibility index (Phi) is 5.71. The van der Waals surface area contributed by atoms with Gasteiger partial charge in [-0.2, -0.15) is 26.3 Å². The minimum Gasteiger partial charge on any atom is -0.344 e. The molecule has 2 aromatic carbocycles. The smallest absolute Gasteiger partial charge is 0.344 e. The number of benzene rings is 2. The highest BCUT2D eigenvalue weighted by Crippen LogP contribution is 2.46. The van der Waals surface area contributed by atoms with Crippen molar-refractivity contribution in [2.75, 3.05) is 5.32 Å². The highest BCUT2D eigenvalue weighted by atomic mass is 19.4. The zero-order chi connectivity index (χ0) is 22.1. The fourth-order valence-electron chi connectivity index (χ4n) is 2.66. The molecule has 0 aliphatic heterocycles. The van der Waals surface area contributed by atoms with E-state index in [1.807, 2.05) is 0 Å². The van der Waals surface area contributed by atoms with Gasteiger partial charge in [0.05, 0.1) is 21.0 Å². The number of nitro groups is 2. The van der Waals surface area contributed by atoms with Gasteiger partial charge in [0.1, 0.15) is 0 Å². The quantitative estimate of drug-likeness (QED) is 0.370. The predicted octanol–water partition coefficient (Wildman–Crippen LogP) is 5.85. The molecule has 0 amide bonds. The number of nitrogens with zero attached hydrogens (tertiary/aromatic N) is 2. The summed E-state index contributed by atoms with van der Waals surface area (Å²) in [6, 6.07) is 3.09. The predicted molar refractivity (Wildman–Crippen MR) is 88.9 cm³/mol. The molecule has 0 bridgehead atoms. The lowest BCUT2D eigenvalue weighted by Crippen LogP contribution is -2.14. The molecule has 29 heavy (non-hydrogen) atoms. The van der Waals surface area contributed by atoms with Crippen LogP contribution in [0.1, 0.15) is 23.6 Å². The van der Waals surface area contributed by atoms with Gasteiger partial charge in [-0.15, -0.1) is 0 Å². The van der Waals surface area contributed by atoms with Gasteiger partial charge in [-0.05, 0) is 30.7 Å². The van der Waals surface area contributed by atoms with E-state index in [4.69, 9.17) is 0 Å². The molecule has 0 saturated heterocycles. The first-order valence-electron chi connectivity index (χ1n) is 7.77. The van der Waals surface area contributed by atoms with E-state index >= 15 is 0 Å². The van der Waals surface area contributed by atoms with Gasteiger partial charge >= 0.3 is 18.0 Å². The van der Waals surface area contributed by atoms with Crippen molar-refractivity contribution < 1.29 is 36.2 Å². The summed E-state index contributed by atoms with van der Waals surface area (Å²) in [5.74, 6) is 0. The molecular formula is C16H11F6N3O4. The Balaban J connectivity index is 2.72. The molecule has 0 aliphatic rings. The first-order valence-corrected chi connectivity index (χ1v) is 7.77. The van der Waals surface area contributed by atoms with Gasteiger partial charge in [-0.1, -0.05) is 6.92 Å². The van der Waals surface area contributed by atoms with E-state index in [9.17, 15) is 46.6 Å². The van der Waals surface area contributed by atoms with E-state index in [2.05, 4.69) is 5.32 Å². The lowest BCUT2D eigenvalue weighted by molar-refractivity contribution is -0.393. The number of nitrogens with one attached hydrogen (secondary N) is 1. The number of alkyl halides is 6. The highest BCUT2D eigenvalue weighted by molar-refractivity contribution is 5.82. The Morgan fingerprint density at radius 3 is 1.86 bits per heavy atom. The van der Waals surface area contributed by atoms with Crippen LogP contribution < -0.4 is 5.32 Å². The molecule has 2 rings (SSSR count). The highest BCUT2D eigenvalue weighted by Gasteiger charge is 2.41. The van der Waals surface area contributed by atoms with Crippen LogP contribution in [0.3, 0.4) is 0 Å². The third-order valence-electron chi connectivity index (χ3n) is 3.90. The summed E-state index contributed by atoms with van der Waals surface area (Å²) in [4.78, 5) is 20.3. The maximum absolute atomic E-state index is 13.3. The Bertz CT molecular complexity index is 955. The van der Waals surface area contributed by atoms with Crippen molar-refractivity contribution in [1.82, 2.24) is 0 Å². The average molecular weight is 423 g/mol. The molecule has 0 radical (unpaired) electrons. The summed E-state index contributed by atoms with van der Waals surface area (Å²) >= 11 is 0. The summed E-state index contributed by atoms with van der Waals surface area (Å²) in [5, 5.41) is 25.0. The van der Waals surface area contributed by atoms with Crippen LogP contribution in [0, 0.1) is 20.2 Å². The zero-order valence-corrected chi connectivity index (χ0v) is 14.4. The minimum absolute atomic E-state index is 0.165. The normalized spacial score (nSPS) is 12.0. The van der Waals surface area contributed by atoms with Crippen LogP contribution in [0.25, 0.3) is 0 Å². The molecule has 0 saturated carbocycles. The second-order valence-corrected chi connectivity index (χ2v) is 5.71. The standard InChI is InChI=1S/C16H11F6N3O4/c1-2-10-11(16(20,21)22)7-12(24(26)27)13(14(10)25(28)29)23-9-5-3-8(4-6-9)15(17,18)19/h3-7,23H,2H2,1H3. The van der Waals surface area contributed by atoms with Crippen molar-refractivity contribution in [1.29, 1.82) is 0 Å². The Labute approximate surface area is 158 Å². The lowest BCUT2D eigenvalue weighted by atomic mass is 9.99. The molecule has 0 aromatic heterocycles. The van der Waals surface area contributed by atoms with Crippen LogP contribution in [0.5, 0.6) is 0 Å². The largest absolute Gasteiger partial charge is 0.417 e. The zero-order valence-electron chi connectivity index (χ0n) is 14.4. The van der Waals surface area contributed by atoms with Crippen molar-refractivity contribution in [3.05, 3.63) is 67.3 Å². The fraction of sp³-hybridized carbons (Fsp3) is 0.250. The van der Waals surface area contributed by atoms with Crippen LogP contribution in [0.15, 0.2) is 30.3 Å². The molecule has 0 spiro atoms. The fourth-order valence-corrected chi connectivity index (χ4v) is 2.66. The van der Waals surface area contributed by atoms with Gasteiger partial charge < -0.3 is 5.32 Å². The summed E-state index contributed by atoms with van der Waals surface area (Å²) < 4.78 is 77.7. The number of anilines is 2. The number of halogens is 6. The van der Waals surface area contributed by atoms with Crippen LogP contribution in [0.4, 0.5) is 49.1 Å². The Morgan fingerprint density at radius 2 is 1.48 bits per heavy atom. The maximum Gasteiger partial charge on any atom is 0.417 e. The molecule has 0 heterocycles. The molecule has 156 valence electrons. The number of rotatable bonds is 5. The van der Waals surface area contributed by atoms with E-state index in [0.29, 0.717) is 12.1 Å². The van der Waals surface area contributed by atoms with Gasteiger partial charge in [0.2, 0.25) is 0 Å². The summed E-state index contributed by atoms with van der Waals surface area (Å²) in [5.41, 5.74) is -6.85. The molecular weight excluding hydrogens is 412 g/mol. The van der Waals surface area contributed by atoms with Crippen molar-refractivity contribution in [2.45, 2.75) is 25.7 Å². The number of hydrogen-bond acceptors (Lipinski definition) is 5. The van der Waals surface area contributed by atoms with Crippen molar-refractivity contribution in [3.63, 3.8) is 0 Å². The third-order valence-corrected chi connectivity index (χ3v) is 3.90. The maximum atomic E-state index is 13.3. The summed E-state index contributed by atoms with van der Waals surface area (Å²) in [6.45, 7) is 1.20. The van der Waals surface area contributed by atoms with Crippen LogP contribution in [-0.4, -0.2) is 9.85 Å². The molecule has 7 nitrogen and oxygen atoms in total. The SMILES string of the molecule is CCc1c(C(F)(F)F)cc([N+](=O)[O-])c(Nc2ccc(C(F)(F)F)cc2)c1[N+](=O)[O-]. The van der Waals surface area contributed by atoms with Crippen molar-refractivity contribution in [2.24, 2.45) is 0 Å². The molecule has 2 aromatic rings. The monoisotopic (exact) mass is 423 g/mol. The second kappa shape index (κ2) is 7.56. The van der Waals surface area contributed by atoms with Crippen molar-refractivity contribution >= 4 is 22.7 Å². The van der Waals surface area contributed by atoms with E-state index in [1.165, 1.54) is 6.92 Å². The third kappa shape index (κ3) is 4.55. The summed E-state index contributed by atoms with van der Waals surface area (Å²) in [6.07, 6.45) is -10.2. The van der Waals surface area contributed by atoms with Crippen molar-refractivity contribution in [3.8, 4) is 0 Å². The lowest BCUT2D eigenvalue weighted by Gasteiger charge is -2.16. The number of nitro benzene ring substituents is 2. The van der Waals surface area contributed by atoms with Crippen LogP contribution in [-0.2, 0) is 18.8 Å². The molecule has 0 fully saturated rings. The van der Waals surface area contributed by atoms with E-state index < -0.39 is 62.4 Å². The van der Waals surface area contributed by atoms with E-state index in [0.717, 1.165) is 12.1 Å². The van der Waals surface area contributed by atoms with E-state index in [1.54, 1.807) is 0 Å². The molecule has 0 unspecified atom stereocenters. The average Bonchev–Trinajstić information content (AvgIpc) is 2.59. The first-order chi connectivity index (χ1) is 13.3. The van der Waals surface area contributed by atoms with Crippen LogP contribution in [0.2, 0.25) is 0 Å². The van der Waals surface area contributed by atoms with Gasteiger partial charge in [0.15, 0.2) is 5.69 Å².